The van der Waals surface area contributed by atoms with Crippen molar-refractivity contribution in [1.29, 1.82) is 0 Å². The summed E-state index contributed by atoms with van der Waals surface area (Å²) >= 11 is 18.2. The molecule has 2 heterocycles. The van der Waals surface area contributed by atoms with Crippen molar-refractivity contribution in [1.82, 2.24) is 19.4 Å². The molecule has 34 heavy (non-hydrogen) atoms. The van der Waals surface area contributed by atoms with Crippen LogP contribution in [0.2, 0.25) is 15.1 Å². The molecule has 9 heteroatoms. The number of halogens is 3. The first kappa shape index (κ1) is 22.6. The van der Waals surface area contributed by atoms with E-state index in [9.17, 15) is 9.90 Å². The van der Waals surface area contributed by atoms with Gasteiger partial charge in [0.2, 0.25) is 0 Å². The molecule has 6 nitrogen and oxygen atoms in total. The second kappa shape index (κ2) is 9.24. The Balaban J connectivity index is 1.67. The third-order valence-corrected chi connectivity index (χ3v) is 6.22. The zero-order valence-electron chi connectivity index (χ0n) is 17.6. The van der Waals surface area contributed by atoms with Crippen LogP contribution in [0.15, 0.2) is 83.8 Å². The summed E-state index contributed by atoms with van der Waals surface area (Å²) in [6, 6.07) is 21.5. The second-order valence-electron chi connectivity index (χ2n) is 7.72. The van der Waals surface area contributed by atoms with Crippen molar-refractivity contribution >= 4 is 40.4 Å². The standard InChI is InChI=1S/C25H17Cl3N4O2/c26-18-8-4-15(5-9-18)21-13-29-32-24(23(21)16-6-10-19(27)11-7-16)30-31(25(32)34)14-22(33)17-2-1-3-20(28)12-17/h1-13,22,33H,14H2. The van der Waals surface area contributed by atoms with Gasteiger partial charge in [-0.1, -0.05) is 71.2 Å². The molecule has 2 aromatic heterocycles. The fraction of sp³-hybridized carbons (Fsp3) is 0.0800. The van der Waals surface area contributed by atoms with Crippen molar-refractivity contribution in [3.63, 3.8) is 0 Å². The Morgan fingerprint density at radius 2 is 1.50 bits per heavy atom. The van der Waals surface area contributed by atoms with E-state index in [0.29, 0.717) is 31.8 Å². The van der Waals surface area contributed by atoms with Gasteiger partial charge < -0.3 is 5.11 Å². The predicted molar refractivity (Wildman–Crippen MR) is 135 cm³/mol. The van der Waals surface area contributed by atoms with E-state index < -0.39 is 11.8 Å². The van der Waals surface area contributed by atoms with Crippen LogP contribution in [-0.2, 0) is 6.54 Å². The summed E-state index contributed by atoms with van der Waals surface area (Å²) in [5.74, 6) is 0. The Hall–Kier alpha value is -3.16. The van der Waals surface area contributed by atoms with Crippen LogP contribution in [0.5, 0.6) is 0 Å². The van der Waals surface area contributed by atoms with Crippen LogP contribution in [0, 0.1) is 0 Å². The maximum atomic E-state index is 13.1. The van der Waals surface area contributed by atoms with Gasteiger partial charge >= 0.3 is 5.69 Å². The summed E-state index contributed by atoms with van der Waals surface area (Å²) in [5.41, 5.74) is 3.65. The molecule has 3 aromatic carbocycles. The number of fused-ring (bicyclic) bond motifs is 1. The quantitative estimate of drug-likeness (QED) is 0.318. The van der Waals surface area contributed by atoms with Gasteiger partial charge in [0.25, 0.3) is 0 Å². The summed E-state index contributed by atoms with van der Waals surface area (Å²) in [6.45, 7) is -0.0567. The number of nitrogens with zero attached hydrogens (tertiary/aromatic N) is 4. The molecule has 0 fully saturated rings. The van der Waals surface area contributed by atoms with Gasteiger partial charge in [-0.05, 0) is 53.1 Å². The topological polar surface area (TPSA) is 72.4 Å². The summed E-state index contributed by atoms with van der Waals surface area (Å²) in [6.07, 6.45) is 0.650. The number of hydrogen-bond acceptors (Lipinski definition) is 4. The molecule has 0 saturated heterocycles. The molecule has 0 bridgehead atoms. The number of aromatic nitrogens is 4. The molecule has 0 aliphatic carbocycles. The fourth-order valence-corrected chi connectivity index (χ4v) is 4.26. The third kappa shape index (κ3) is 4.33. The molecular weight excluding hydrogens is 495 g/mol. The first-order valence-corrected chi connectivity index (χ1v) is 11.5. The maximum absolute atomic E-state index is 13.1. The highest BCUT2D eigenvalue weighted by Crippen LogP contribution is 2.35. The van der Waals surface area contributed by atoms with Crippen molar-refractivity contribution in [3.8, 4) is 22.3 Å². The number of aliphatic hydroxyl groups excluding tert-OH is 1. The Labute approximate surface area is 209 Å². The van der Waals surface area contributed by atoms with Gasteiger partial charge in [0.05, 0.1) is 18.8 Å². The van der Waals surface area contributed by atoms with Crippen LogP contribution < -0.4 is 5.69 Å². The molecule has 0 amide bonds. The Morgan fingerprint density at radius 1 is 0.853 bits per heavy atom. The second-order valence-corrected chi connectivity index (χ2v) is 9.03. The largest absolute Gasteiger partial charge is 0.386 e. The van der Waals surface area contributed by atoms with Gasteiger partial charge in [0, 0.05) is 26.2 Å². The van der Waals surface area contributed by atoms with Gasteiger partial charge in [-0.3, -0.25) is 0 Å². The highest BCUT2D eigenvalue weighted by Gasteiger charge is 2.20. The summed E-state index contributed by atoms with van der Waals surface area (Å²) in [7, 11) is 0. The zero-order valence-corrected chi connectivity index (χ0v) is 19.8. The molecule has 5 rings (SSSR count). The zero-order chi connectivity index (χ0) is 23.8. The van der Waals surface area contributed by atoms with Crippen LogP contribution in [0.1, 0.15) is 11.7 Å². The van der Waals surface area contributed by atoms with Gasteiger partial charge in [-0.2, -0.15) is 9.61 Å². The molecule has 170 valence electrons. The Bertz CT molecular complexity index is 1540. The van der Waals surface area contributed by atoms with Crippen LogP contribution >= 0.6 is 34.8 Å². The summed E-state index contributed by atoms with van der Waals surface area (Å²) < 4.78 is 2.44. The van der Waals surface area contributed by atoms with E-state index in [0.717, 1.165) is 16.7 Å². The normalized spacial score (nSPS) is 12.2. The SMILES string of the molecule is O=c1n(CC(O)c2cccc(Cl)c2)nc2c(-c3ccc(Cl)cc3)c(-c3ccc(Cl)cc3)cnn12. The van der Waals surface area contributed by atoms with Crippen molar-refractivity contribution in [2.24, 2.45) is 0 Å². The lowest BCUT2D eigenvalue weighted by atomic mass is 9.97. The minimum absolute atomic E-state index is 0.0567. The average molecular weight is 512 g/mol. The molecule has 1 N–H and O–H groups in total. The molecule has 1 atom stereocenters. The molecule has 0 aliphatic heterocycles. The van der Waals surface area contributed by atoms with E-state index in [1.54, 1.807) is 54.7 Å². The highest BCUT2D eigenvalue weighted by atomic mass is 35.5. The molecule has 1 unspecified atom stereocenters. The van der Waals surface area contributed by atoms with Crippen molar-refractivity contribution in [2.45, 2.75) is 12.6 Å². The summed E-state index contributed by atoms with van der Waals surface area (Å²) in [4.78, 5) is 13.1. The lowest BCUT2D eigenvalue weighted by Gasteiger charge is -2.11. The molecule has 0 radical (unpaired) electrons. The van der Waals surface area contributed by atoms with E-state index >= 15 is 0 Å². The lowest BCUT2D eigenvalue weighted by molar-refractivity contribution is 0.150. The molecule has 0 saturated carbocycles. The first-order valence-electron chi connectivity index (χ1n) is 10.3. The first-order chi connectivity index (χ1) is 16.4. The Morgan fingerprint density at radius 3 is 2.15 bits per heavy atom. The van der Waals surface area contributed by atoms with Crippen LogP contribution in [0.25, 0.3) is 27.9 Å². The monoisotopic (exact) mass is 510 g/mol. The number of benzene rings is 3. The highest BCUT2D eigenvalue weighted by molar-refractivity contribution is 6.31. The molecule has 0 spiro atoms. The molecule has 0 aliphatic rings. The summed E-state index contributed by atoms with van der Waals surface area (Å²) in [5, 5.41) is 21.3. The lowest BCUT2D eigenvalue weighted by Crippen LogP contribution is -2.25. The number of aliphatic hydroxyl groups is 1. The van der Waals surface area contributed by atoms with Gasteiger partial charge in [0.1, 0.15) is 0 Å². The van der Waals surface area contributed by atoms with Crippen LogP contribution in [-0.4, -0.2) is 24.5 Å². The third-order valence-electron chi connectivity index (χ3n) is 5.48. The molecule has 5 aromatic rings. The van der Waals surface area contributed by atoms with E-state index in [1.165, 1.54) is 9.20 Å². The Kier molecular flexibility index (Phi) is 6.15. The van der Waals surface area contributed by atoms with E-state index in [1.807, 2.05) is 24.3 Å². The predicted octanol–water partition coefficient (Wildman–Crippen LogP) is 5.92. The van der Waals surface area contributed by atoms with E-state index in [4.69, 9.17) is 34.8 Å². The van der Waals surface area contributed by atoms with Crippen molar-refractivity contribution in [2.75, 3.05) is 0 Å². The van der Waals surface area contributed by atoms with Gasteiger partial charge in [0.15, 0.2) is 5.65 Å². The van der Waals surface area contributed by atoms with Gasteiger partial charge in [-0.15, -0.1) is 5.10 Å². The van der Waals surface area contributed by atoms with Crippen LogP contribution in [0.4, 0.5) is 0 Å². The number of rotatable bonds is 5. The van der Waals surface area contributed by atoms with Crippen molar-refractivity contribution in [3.05, 3.63) is 110 Å². The minimum Gasteiger partial charge on any atom is -0.386 e. The average Bonchev–Trinajstić information content (AvgIpc) is 3.15. The maximum Gasteiger partial charge on any atom is 0.367 e. The van der Waals surface area contributed by atoms with E-state index in [-0.39, 0.29) is 6.54 Å². The number of hydrogen-bond donors (Lipinski definition) is 1. The van der Waals surface area contributed by atoms with E-state index in [2.05, 4.69) is 10.2 Å². The minimum atomic E-state index is -0.976. The molecular formula is C25H17Cl3N4O2. The van der Waals surface area contributed by atoms with Crippen LogP contribution in [0.3, 0.4) is 0 Å². The van der Waals surface area contributed by atoms with Gasteiger partial charge in [-0.25, -0.2) is 9.48 Å². The fourth-order valence-electron chi connectivity index (χ4n) is 3.81. The smallest absolute Gasteiger partial charge is 0.367 e. The van der Waals surface area contributed by atoms with Crippen molar-refractivity contribution < 1.29 is 5.11 Å².